The van der Waals surface area contributed by atoms with E-state index in [1.165, 1.54) is 0 Å². The standard InChI is InChI=1S/C15H23Cl2NO/c1-11(2)19-9-5-4-8-18-12(3)14-10-13(16)6-7-15(14)17/h6-7,10-12,18H,4-5,8-9H2,1-3H3. The van der Waals surface area contributed by atoms with Crippen molar-refractivity contribution in [2.75, 3.05) is 13.2 Å². The van der Waals surface area contributed by atoms with Crippen molar-refractivity contribution in [1.82, 2.24) is 5.32 Å². The molecule has 0 saturated heterocycles. The smallest absolute Gasteiger partial charge is 0.0518 e. The Balaban J connectivity index is 2.27. The normalized spacial score (nSPS) is 12.9. The zero-order valence-corrected chi connectivity index (χ0v) is 13.4. The van der Waals surface area contributed by atoms with Crippen molar-refractivity contribution in [1.29, 1.82) is 0 Å². The van der Waals surface area contributed by atoms with Crippen molar-refractivity contribution in [2.24, 2.45) is 0 Å². The molecule has 4 heteroatoms. The van der Waals surface area contributed by atoms with Crippen LogP contribution in [-0.4, -0.2) is 19.3 Å². The number of halogens is 2. The van der Waals surface area contributed by atoms with Crippen LogP contribution in [0.15, 0.2) is 18.2 Å². The Kier molecular flexibility index (Phi) is 7.77. The molecule has 0 aliphatic rings. The molecular formula is C15H23Cl2NO. The van der Waals surface area contributed by atoms with Crippen molar-refractivity contribution in [3.8, 4) is 0 Å². The van der Waals surface area contributed by atoms with Crippen LogP contribution >= 0.6 is 23.2 Å². The minimum Gasteiger partial charge on any atom is -0.379 e. The van der Waals surface area contributed by atoms with Gasteiger partial charge in [0.1, 0.15) is 0 Å². The fourth-order valence-corrected chi connectivity index (χ4v) is 2.28. The van der Waals surface area contributed by atoms with Crippen LogP contribution in [-0.2, 0) is 4.74 Å². The molecule has 108 valence electrons. The van der Waals surface area contributed by atoms with Gasteiger partial charge in [0.15, 0.2) is 0 Å². The Morgan fingerprint density at radius 1 is 1.16 bits per heavy atom. The van der Waals surface area contributed by atoms with E-state index in [1.807, 2.05) is 18.2 Å². The maximum absolute atomic E-state index is 6.17. The van der Waals surface area contributed by atoms with Gasteiger partial charge >= 0.3 is 0 Å². The van der Waals surface area contributed by atoms with Crippen molar-refractivity contribution in [2.45, 2.75) is 45.8 Å². The largest absolute Gasteiger partial charge is 0.379 e. The summed E-state index contributed by atoms with van der Waals surface area (Å²) in [5, 5.41) is 4.93. The first-order valence-electron chi connectivity index (χ1n) is 6.80. The lowest BCUT2D eigenvalue weighted by Crippen LogP contribution is -2.20. The van der Waals surface area contributed by atoms with Crippen LogP contribution < -0.4 is 5.32 Å². The van der Waals surface area contributed by atoms with E-state index in [9.17, 15) is 0 Å². The quantitative estimate of drug-likeness (QED) is 0.693. The molecule has 2 nitrogen and oxygen atoms in total. The van der Waals surface area contributed by atoms with Gasteiger partial charge in [-0.25, -0.2) is 0 Å². The number of unbranched alkanes of at least 4 members (excludes halogenated alkanes) is 1. The lowest BCUT2D eigenvalue weighted by molar-refractivity contribution is 0.0759. The number of ether oxygens (including phenoxy) is 1. The first-order valence-corrected chi connectivity index (χ1v) is 7.56. The summed E-state index contributed by atoms with van der Waals surface area (Å²) >= 11 is 12.2. The molecule has 0 aliphatic carbocycles. The summed E-state index contributed by atoms with van der Waals surface area (Å²) in [5.74, 6) is 0. The molecule has 0 heterocycles. The number of hydrogen-bond donors (Lipinski definition) is 1. The Hall–Kier alpha value is -0.280. The van der Waals surface area contributed by atoms with Gasteiger partial charge in [-0.15, -0.1) is 0 Å². The highest BCUT2D eigenvalue weighted by atomic mass is 35.5. The summed E-state index contributed by atoms with van der Waals surface area (Å²) in [6, 6.07) is 5.78. The Labute approximate surface area is 126 Å². The average Bonchev–Trinajstić information content (AvgIpc) is 2.36. The third kappa shape index (κ3) is 6.62. The van der Waals surface area contributed by atoms with Crippen LogP contribution in [0.5, 0.6) is 0 Å². The van der Waals surface area contributed by atoms with E-state index < -0.39 is 0 Å². The van der Waals surface area contributed by atoms with Gasteiger partial charge < -0.3 is 10.1 Å². The molecule has 1 N–H and O–H groups in total. The molecule has 1 unspecified atom stereocenters. The lowest BCUT2D eigenvalue weighted by Gasteiger charge is -2.16. The Morgan fingerprint density at radius 3 is 2.58 bits per heavy atom. The van der Waals surface area contributed by atoms with Crippen LogP contribution in [0.4, 0.5) is 0 Å². The molecule has 0 aromatic heterocycles. The van der Waals surface area contributed by atoms with E-state index in [-0.39, 0.29) is 6.04 Å². The highest BCUT2D eigenvalue weighted by Gasteiger charge is 2.09. The van der Waals surface area contributed by atoms with E-state index in [0.717, 1.165) is 41.6 Å². The fraction of sp³-hybridized carbons (Fsp3) is 0.600. The molecule has 0 fully saturated rings. The van der Waals surface area contributed by atoms with Crippen molar-refractivity contribution in [3.63, 3.8) is 0 Å². The van der Waals surface area contributed by atoms with Gasteiger partial charge in [-0.2, -0.15) is 0 Å². The minimum atomic E-state index is 0.206. The number of hydrogen-bond acceptors (Lipinski definition) is 2. The topological polar surface area (TPSA) is 21.3 Å². The van der Waals surface area contributed by atoms with Crippen molar-refractivity contribution in [3.05, 3.63) is 33.8 Å². The molecule has 0 radical (unpaired) electrons. The summed E-state index contributed by atoms with van der Waals surface area (Å²) in [5.41, 5.74) is 1.05. The van der Waals surface area contributed by atoms with Gasteiger partial charge in [-0.1, -0.05) is 23.2 Å². The van der Waals surface area contributed by atoms with Crippen LogP contribution in [0.25, 0.3) is 0 Å². The minimum absolute atomic E-state index is 0.206. The van der Waals surface area contributed by atoms with E-state index in [0.29, 0.717) is 6.10 Å². The van der Waals surface area contributed by atoms with Crippen LogP contribution in [0.1, 0.15) is 45.2 Å². The highest BCUT2D eigenvalue weighted by molar-refractivity contribution is 6.33. The molecule has 0 saturated carbocycles. The first kappa shape index (κ1) is 16.8. The zero-order chi connectivity index (χ0) is 14.3. The second kappa shape index (κ2) is 8.80. The van der Waals surface area contributed by atoms with Gasteiger partial charge in [0.25, 0.3) is 0 Å². The van der Waals surface area contributed by atoms with Crippen molar-refractivity contribution >= 4 is 23.2 Å². The Bertz CT molecular complexity index is 382. The van der Waals surface area contributed by atoms with Gasteiger partial charge in [0, 0.05) is 22.7 Å². The van der Waals surface area contributed by atoms with E-state index in [1.54, 1.807) is 0 Å². The SMILES string of the molecule is CC(C)OCCCCNC(C)c1cc(Cl)ccc1Cl. The van der Waals surface area contributed by atoms with Gasteiger partial charge in [-0.3, -0.25) is 0 Å². The average molecular weight is 304 g/mol. The summed E-state index contributed by atoms with van der Waals surface area (Å²) < 4.78 is 5.50. The van der Waals surface area contributed by atoms with E-state index in [2.05, 4.69) is 26.1 Å². The molecule has 1 aromatic rings. The van der Waals surface area contributed by atoms with Crippen LogP contribution in [0.2, 0.25) is 10.0 Å². The monoisotopic (exact) mass is 303 g/mol. The second-order valence-corrected chi connectivity index (χ2v) is 5.81. The van der Waals surface area contributed by atoms with Gasteiger partial charge in [-0.05, 0) is 63.9 Å². The molecule has 1 aromatic carbocycles. The molecular weight excluding hydrogens is 281 g/mol. The van der Waals surface area contributed by atoms with Gasteiger partial charge in [0.05, 0.1) is 6.10 Å². The summed E-state index contributed by atoms with van der Waals surface area (Å²) in [6.45, 7) is 7.99. The van der Waals surface area contributed by atoms with Crippen LogP contribution in [0, 0.1) is 0 Å². The first-order chi connectivity index (χ1) is 9.00. The maximum atomic E-state index is 6.17. The van der Waals surface area contributed by atoms with Crippen LogP contribution in [0.3, 0.4) is 0 Å². The molecule has 19 heavy (non-hydrogen) atoms. The lowest BCUT2D eigenvalue weighted by atomic mass is 10.1. The number of benzene rings is 1. The predicted molar refractivity (Wildman–Crippen MR) is 83.2 cm³/mol. The zero-order valence-electron chi connectivity index (χ0n) is 11.9. The van der Waals surface area contributed by atoms with Gasteiger partial charge in [0.2, 0.25) is 0 Å². The van der Waals surface area contributed by atoms with E-state index >= 15 is 0 Å². The number of nitrogens with one attached hydrogen (secondary N) is 1. The Morgan fingerprint density at radius 2 is 1.89 bits per heavy atom. The highest BCUT2D eigenvalue weighted by Crippen LogP contribution is 2.26. The third-order valence-corrected chi connectivity index (χ3v) is 3.48. The summed E-state index contributed by atoms with van der Waals surface area (Å²) in [4.78, 5) is 0. The predicted octanol–water partition coefficient (Wildman–Crippen LogP) is 4.85. The summed E-state index contributed by atoms with van der Waals surface area (Å²) in [7, 11) is 0. The summed E-state index contributed by atoms with van der Waals surface area (Å²) in [6.07, 6.45) is 2.48. The second-order valence-electron chi connectivity index (χ2n) is 4.97. The molecule has 0 aliphatic heterocycles. The molecule has 1 rings (SSSR count). The molecule has 0 bridgehead atoms. The maximum Gasteiger partial charge on any atom is 0.0518 e. The number of rotatable bonds is 8. The fourth-order valence-electron chi connectivity index (χ4n) is 1.82. The molecule has 0 amide bonds. The molecule has 1 atom stereocenters. The third-order valence-electron chi connectivity index (χ3n) is 2.90. The van der Waals surface area contributed by atoms with E-state index in [4.69, 9.17) is 27.9 Å². The molecule has 0 spiro atoms. The van der Waals surface area contributed by atoms with Crippen molar-refractivity contribution < 1.29 is 4.74 Å².